The number of aromatic nitrogens is 2. The molecule has 0 atom stereocenters. The Kier molecular flexibility index (Phi) is 4.12. The Bertz CT molecular complexity index is 797. The Labute approximate surface area is 139 Å². The number of amides is 1. The van der Waals surface area contributed by atoms with E-state index in [-0.39, 0.29) is 5.91 Å². The van der Waals surface area contributed by atoms with Crippen LogP contribution in [0.25, 0.3) is 6.08 Å². The van der Waals surface area contributed by atoms with Crippen molar-refractivity contribution in [1.82, 2.24) is 15.1 Å². The van der Waals surface area contributed by atoms with Crippen LogP contribution in [0, 0.1) is 0 Å². The van der Waals surface area contributed by atoms with Crippen LogP contribution in [0.15, 0.2) is 42.2 Å². The summed E-state index contributed by atoms with van der Waals surface area (Å²) in [6.45, 7) is 2.78. The van der Waals surface area contributed by atoms with Crippen molar-refractivity contribution in [2.45, 2.75) is 13.5 Å². The summed E-state index contributed by atoms with van der Waals surface area (Å²) in [6.07, 6.45) is 3.55. The van der Waals surface area contributed by atoms with Crippen LogP contribution in [-0.2, 0) is 11.3 Å². The average molecular weight is 328 g/mol. The van der Waals surface area contributed by atoms with Gasteiger partial charge in [-0.2, -0.15) is 5.10 Å². The highest BCUT2D eigenvalue weighted by molar-refractivity contribution is 7.80. The molecule has 1 amide bonds. The SMILES string of the molecule is CCn1ccc(/C=C2/NC(=S)N(c3ccccc3OC)C2=O)n1. The number of nitrogens with one attached hydrogen (secondary N) is 1. The fraction of sp³-hybridized carbons (Fsp3) is 0.188. The Morgan fingerprint density at radius 1 is 1.35 bits per heavy atom. The second-order valence-corrected chi connectivity index (χ2v) is 5.28. The van der Waals surface area contributed by atoms with E-state index in [9.17, 15) is 4.79 Å². The first-order chi connectivity index (χ1) is 11.1. The molecular formula is C16H16N4O2S. The van der Waals surface area contributed by atoms with Gasteiger partial charge in [0.25, 0.3) is 5.91 Å². The van der Waals surface area contributed by atoms with Crippen molar-refractivity contribution in [1.29, 1.82) is 0 Å². The minimum Gasteiger partial charge on any atom is -0.495 e. The van der Waals surface area contributed by atoms with Crippen LogP contribution in [0.1, 0.15) is 12.6 Å². The zero-order chi connectivity index (χ0) is 16.4. The molecule has 1 aliphatic rings. The molecular weight excluding hydrogens is 312 g/mol. The summed E-state index contributed by atoms with van der Waals surface area (Å²) in [5.74, 6) is 0.354. The van der Waals surface area contributed by atoms with Gasteiger partial charge in [-0.05, 0) is 43.4 Å². The summed E-state index contributed by atoms with van der Waals surface area (Å²) in [7, 11) is 1.56. The van der Waals surface area contributed by atoms with Crippen molar-refractivity contribution in [2.75, 3.05) is 12.0 Å². The van der Waals surface area contributed by atoms with E-state index in [0.717, 1.165) is 6.54 Å². The molecule has 1 aromatic heterocycles. The number of hydrogen-bond donors (Lipinski definition) is 1. The smallest absolute Gasteiger partial charge is 0.281 e. The van der Waals surface area contributed by atoms with Crippen molar-refractivity contribution < 1.29 is 9.53 Å². The molecule has 0 bridgehead atoms. The summed E-state index contributed by atoms with van der Waals surface area (Å²) in [5.41, 5.74) is 1.70. The molecule has 23 heavy (non-hydrogen) atoms. The van der Waals surface area contributed by atoms with Crippen molar-refractivity contribution >= 4 is 35.0 Å². The number of aryl methyl sites for hydroxylation is 1. The number of ether oxygens (including phenoxy) is 1. The molecule has 1 aromatic carbocycles. The highest BCUT2D eigenvalue weighted by Gasteiger charge is 2.33. The fourth-order valence-corrected chi connectivity index (χ4v) is 2.64. The number of nitrogens with zero attached hydrogens (tertiary/aromatic N) is 3. The highest BCUT2D eigenvalue weighted by atomic mass is 32.1. The second kappa shape index (κ2) is 6.21. The number of anilines is 1. The molecule has 0 saturated carbocycles. The molecule has 0 unspecified atom stereocenters. The molecule has 3 rings (SSSR count). The van der Waals surface area contributed by atoms with Crippen LogP contribution in [0.5, 0.6) is 5.75 Å². The second-order valence-electron chi connectivity index (χ2n) is 4.90. The van der Waals surface area contributed by atoms with Gasteiger partial charge in [-0.15, -0.1) is 0 Å². The van der Waals surface area contributed by atoms with Crippen molar-refractivity contribution in [3.05, 3.63) is 47.9 Å². The topological polar surface area (TPSA) is 59.4 Å². The first kappa shape index (κ1) is 15.2. The van der Waals surface area contributed by atoms with Gasteiger partial charge in [0.2, 0.25) is 0 Å². The molecule has 0 aliphatic carbocycles. The van der Waals surface area contributed by atoms with Crippen LogP contribution in [0.4, 0.5) is 5.69 Å². The number of para-hydroxylation sites is 2. The van der Waals surface area contributed by atoms with Crippen LogP contribution >= 0.6 is 12.2 Å². The molecule has 0 radical (unpaired) electrons. The van der Waals surface area contributed by atoms with E-state index in [1.165, 1.54) is 4.90 Å². The van der Waals surface area contributed by atoms with E-state index in [4.69, 9.17) is 17.0 Å². The van der Waals surface area contributed by atoms with Gasteiger partial charge >= 0.3 is 0 Å². The average Bonchev–Trinajstić information content (AvgIpc) is 3.12. The van der Waals surface area contributed by atoms with Gasteiger partial charge in [0.1, 0.15) is 11.4 Å². The number of carbonyl (C=O) groups excluding carboxylic acids is 1. The maximum absolute atomic E-state index is 12.7. The lowest BCUT2D eigenvalue weighted by Gasteiger charge is -2.17. The lowest BCUT2D eigenvalue weighted by molar-refractivity contribution is -0.113. The Balaban J connectivity index is 1.93. The zero-order valence-corrected chi connectivity index (χ0v) is 13.6. The number of hydrogen-bond acceptors (Lipinski definition) is 4. The molecule has 1 fully saturated rings. The summed E-state index contributed by atoms with van der Waals surface area (Å²) in [4.78, 5) is 14.1. The monoisotopic (exact) mass is 328 g/mol. The summed E-state index contributed by atoms with van der Waals surface area (Å²) in [6, 6.07) is 9.10. The largest absolute Gasteiger partial charge is 0.495 e. The van der Waals surface area contributed by atoms with Gasteiger partial charge in [0, 0.05) is 12.7 Å². The van der Waals surface area contributed by atoms with Crippen LogP contribution in [-0.4, -0.2) is 27.9 Å². The summed E-state index contributed by atoms with van der Waals surface area (Å²) in [5, 5.41) is 7.61. The first-order valence-electron chi connectivity index (χ1n) is 7.17. The van der Waals surface area contributed by atoms with E-state index < -0.39 is 0 Å². The Morgan fingerprint density at radius 2 is 2.13 bits per heavy atom. The number of thiocarbonyl (C=S) groups is 1. The van der Waals surface area contributed by atoms with E-state index in [1.54, 1.807) is 30.0 Å². The van der Waals surface area contributed by atoms with Crippen molar-refractivity contribution in [3.8, 4) is 5.75 Å². The van der Waals surface area contributed by atoms with Gasteiger partial charge in [0.05, 0.1) is 18.5 Å². The summed E-state index contributed by atoms with van der Waals surface area (Å²) < 4.78 is 7.10. The van der Waals surface area contributed by atoms with Gasteiger partial charge in [-0.3, -0.25) is 9.48 Å². The summed E-state index contributed by atoms with van der Waals surface area (Å²) >= 11 is 5.30. The van der Waals surface area contributed by atoms with Gasteiger partial charge in [-0.1, -0.05) is 12.1 Å². The lowest BCUT2D eigenvalue weighted by atomic mass is 10.2. The third-order valence-corrected chi connectivity index (χ3v) is 3.77. The molecule has 2 heterocycles. The normalized spacial score (nSPS) is 16.1. The van der Waals surface area contributed by atoms with Gasteiger partial charge in [0.15, 0.2) is 5.11 Å². The van der Waals surface area contributed by atoms with Crippen LogP contribution in [0.3, 0.4) is 0 Å². The predicted octanol–water partition coefficient (Wildman–Crippen LogP) is 2.17. The van der Waals surface area contributed by atoms with Gasteiger partial charge < -0.3 is 10.1 Å². The predicted molar refractivity (Wildman–Crippen MR) is 92.1 cm³/mol. The molecule has 7 heteroatoms. The molecule has 118 valence electrons. The third kappa shape index (κ3) is 2.83. The quantitative estimate of drug-likeness (QED) is 0.688. The number of rotatable bonds is 4. The van der Waals surface area contributed by atoms with Crippen molar-refractivity contribution in [3.63, 3.8) is 0 Å². The zero-order valence-electron chi connectivity index (χ0n) is 12.8. The fourth-order valence-electron chi connectivity index (χ4n) is 2.35. The van der Waals surface area contributed by atoms with E-state index >= 15 is 0 Å². The first-order valence-corrected chi connectivity index (χ1v) is 7.58. The van der Waals surface area contributed by atoms with E-state index in [1.807, 2.05) is 31.3 Å². The number of carbonyl (C=O) groups is 1. The maximum Gasteiger partial charge on any atom is 0.281 e. The van der Waals surface area contributed by atoms with Crippen LogP contribution < -0.4 is 15.0 Å². The molecule has 2 aromatic rings. The molecule has 1 aliphatic heterocycles. The van der Waals surface area contributed by atoms with Crippen LogP contribution in [0.2, 0.25) is 0 Å². The lowest BCUT2D eigenvalue weighted by Crippen LogP contribution is -2.30. The minimum atomic E-state index is -0.231. The Hall–Kier alpha value is -2.67. The maximum atomic E-state index is 12.7. The Morgan fingerprint density at radius 3 is 2.83 bits per heavy atom. The molecule has 1 saturated heterocycles. The molecule has 6 nitrogen and oxygen atoms in total. The minimum absolute atomic E-state index is 0.231. The number of methoxy groups -OCH3 is 1. The van der Waals surface area contributed by atoms with E-state index in [2.05, 4.69) is 10.4 Å². The third-order valence-electron chi connectivity index (χ3n) is 3.48. The standard InChI is InChI=1S/C16H16N4O2S/c1-3-19-9-8-11(18-19)10-12-15(21)20(16(23)17-12)13-6-4-5-7-14(13)22-2/h4-10H,3H2,1-2H3,(H,17,23)/b12-10+. The molecule has 0 spiro atoms. The highest BCUT2D eigenvalue weighted by Crippen LogP contribution is 2.31. The van der Waals surface area contributed by atoms with Crippen molar-refractivity contribution in [2.24, 2.45) is 0 Å². The van der Waals surface area contributed by atoms with Gasteiger partial charge in [-0.25, -0.2) is 4.90 Å². The number of benzene rings is 1. The van der Waals surface area contributed by atoms with E-state index in [0.29, 0.717) is 27.9 Å². The molecule has 1 N–H and O–H groups in total.